The summed E-state index contributed by atoms with van der Waals surface area (Å²) in [5, 5.41) is 10.2. The van der Waals surface area contributed by atoms with E-state index in [1.807, 2.05) is 134 Å². The first-order chi connectivity index (χ1) is 58.9. The Bertz CT molecular complexity index is 6880. The second kappa shape index (κ2) is 34.0. The molecule has 0 aliphatic heterocycles. The highest BCUT2D eigenvalue weighted by Crippen LogP contribution is 2.41. The first-order valence-electron chi connectivity index (χ1n) is 39.3. The summed E-state index contributed by atoms with van der Waals surface area (Å²) in [5.41, 5.74) is 24.7. The number of pyridine rings is 7. The van der Waals surface area contributed by atoms with Gasteiger partial charge in [-0.15, -0.1) is 9.24 Å². The summed E-state index contributed by atoms with van der Waals surface area (Å²) in [5.74, 6) is 1.82. The average Bonchev–Trinajstić information content (AvgIpc) is 1.70. The fourth-order valence-corrected chi connectivity index (χ4v) is 17.1. The minimum absolute atomic E-state index is 0.608. The number of fused-ring (bicyclic) bond motifs is 12. The van der Waals surface area contributed by atoms with E-state index >= 15 is 0 Å². The Balaban J connectivity index is 0.000000117. The van der Waals surface area contributed by atoms with Crippen molar-refractivity contribution in [2.75, 3.05) is 6.06 Å². The molecule has 562 valence electrons. The van der Waals surface area contributed by atoms with Crippen molar-refractivity contribution in [3.8, 4) is 95.5 Å². The molecule has 13 aromatic carbocycles. The maximum Gasteiger partial charge on any atom is 1.20 e. The van der Waals surface area contributed by atoms with Crippen LogP contribution in [0.4, 0.5) is 0 Å². The summed E-state index contributed by atoms with van der Waals surface area (Å²) in [6.07, 6.45) is 14.5. The van der Waals surface area contributed by atoms with E-state index in [1.165, 1.54) is 66.1 Å². The van der Waals surface area contributed by atoms with Crippen molar-refractivity contribution in [1.82, 2.24) is 44.0 Å². The van der Waals surface area contributed by atoms with Crippen LogP contribution in [-0.4, -0.2) is 73.1 Å². The zero-order valence-corrected chi connectivity index (χ0v) is 66.8. The summed E-state index contributed by atoms with van der Waals surface area (Å²) in [6, 6.07) is 127. The Morgan fingerprint density at radius 3 is 1.02 bits per heavy atom. The Kier molecular flexibility index (Phi) is 21.2. The summed E-state index contributed by atoms with van der Waals surface area (Å²) >= 11 is -2.86. The maximum absolute atomic E-state index is 6.41. The standard InChI is InChI=1S/C40H26N4.C36H24N2.3C9H7NO.CH4BP.Al/c1-2-7-29(8-3-1)38-24-37(36-17-16-30-9-6-20-43-39(30)40(36)44-38)28-14-12-27(13-15-28)33-21-34(31-10-4-18-41-25-31)23-35(22-33)32-11-5-19-42-26-32;1-5-13-33-29(9-1)30-10-2-6-14-34(30)37(33)27-21-17-25(18-22-27)26-19-23-28(24-20-26)38-35-15-7-3-11-31(35)32-12-4-8-16-36(32)38;3*11-8-5-1-3-7-4-2-6-10-9(7)8;2-1-3;/h1-26H;1-24H;3*1-6,11H;1,3H2;/q;;;;;;+3/p-3. The molecule has 1 unspecified atom stereocenters. The van der Waals surface area contributed by atoms with Crippen molar-refractivity contribution in [3.63, 3.8) is 0 Å². The molecule has 9 heterocycles. The van der Waals surface area contributed by atoms with Crippen LogP contribution in [0.3, 0.4) is 0 Å². The van der Waals surface area contributed by atoms with Gasteiger partial charge in [0.15, 0.2) is 0 Å². The van der Waals surface area contributed by atoms with Gasteiger partial charge in [0.25, 0.3) is 0 Å². The molecule has 2 radical (unpaired) electrons. The van der Waals surface area contributed by atoms with Gasteiger partial charge in [0.1, 0.15) is 33.8 Å². The van der Waals surface area contributed by atoms with Crippen LogP contribution in [0.2, 0.25) is 0 Å². The molecular formula is C104H72AlBN9O3P. The summed E-state index contributed by atoms with van der Waals surface area (Å²) in [7, 11) is 7.17. The number of nitrogens with zero attached hydrogens (tertiary/aromatic N) is 9. The van der Waals surface area contributed by atoms with E-state index < -0.39 is 15.1 Å². The smallest absolute Gasteiger partial charge is 0.576 e. The van der Waals surface area contributed by atoms with Gasteiger partial charge in [-0.1, -0.05) is 243 Å². The largest absolute Gasteiger partial charge is 1.20 e. The maximum atomic E-state index is 6.41. The molecule has 0 N–H and O–H groups in total. The quantitative estimate of drug-likeness (QED) is 0.0590. The van der Waals surface area contributed by atoms with E-state index in [0.717, 1.165) is 110 Å². The minimum Gasteiger partial charge on any atom is -0.576 e. The predicted octanol–water partition coefficient (Wildman–Crippen LogP) is 25.3. The lowest BCUT2D eigenvalue weighted by Gasteiger charge is -2.18. The number of aromatic nitrogens is 9. The van der Waals surface area contributed by atoms with Crippen LogP contribution >= 0.6 is 9.24 Å². The van der Waals surface area contributed by atoms with Crippen molar-refractivity contribution >= 4 is 130 Å². The van der Waals surface area contributed by atoms with Crippen LogP contribution in [0.25, 0.3) is 176 Å². The number of hydrogen-bond acceptors (Lipinski definition) is 10. The molecule has 0 aliphatic rings. The second-order valence-corrected chi connectivity index (χ2v) is 30.3. The van der Waals surface area contributed by atoms with E-state index in [0.29, 0.717) is 23.3 Å². The van der Waals surface area contributed by atoms with Crippen molar-refractivity contribution in [1.29, 1.82) is 0 Å². The molecule has 22 rings (SSSR count). The lowest BCUT2D eigenvalue weighted by Crippen LogP contribution is -2.37. The third-order valence-electron chi connectivity index (χ3n) is 21.3. The molecule has 9 aromatic heterocycles. The van der Waals surface area contributed by atoms with E-state index in [-0.39, 0.29) is 0 Å². The van der Waals surface area contributed by atoms with Crippen LogP contribution in [0.5, 0.6) is 17.2 Å². The summed E-state index contributed by atoms with van der Waals surface area (Å²) < 4.78 is 24.0. The number of rotatable bonds is 14. The van der Waals surface area contributed by atoms with Gasteiger partial charge in [0.05, 0.1) is 46.6 Å². The molecule has 119 heavy (non-hydrogen) atoms. The monoisotopic (exact) mass is 1560 g/mol. The zero-order valence-electron chi connectivity index (χ0n) is 64.4. The fraction of sp³-hybridized carbons (Fsp3) is 0.00962. The third-order valence-corrected chi connectivity index (χ3v) is 22.6. The number of para-hydroxylation sites is 7. The number of benzene rings is 13. The SMILES string of the molecule is [B]CP.c1ccc(-c2cc(-c3ccc(-c4cc(-c5cccnc5)cc(-c5cccnc5)c4)cc3)c3ccc4cccnc4c3n2)cc1.c1ccc2c(c1)c1ccccc1n2-c1ccc(-c2ccc(-n3c4ccccc4c4ccccc43)cc2)cc1.c1cnc2c([O][Al]([O]c3cccc4cccnc34)[O]c3cccc4cccnc34)cccc2c1. The van der Waals surface area contributed by atoms with Gasteiger partial charge in [-0.3, -0.25) is 29.9 Å². The molecule has 12 nitrogen and oxygen atoms in total. The van der Waals surface area contributed by atoms with Crippen LogP contribution in [0.15, 0.2) is 414 Å². The summed E-state index contributed by atoms with van der Waals surface area (Å²) in [4.78, 5) is 32.1. The van der Waals surface area contributed by atoms with Crippen molar-refractivity contribution in [2.45, 2.75) is 0 Å². The van der Waals surface area contributed by atoms with Gasteiger partial charge in [0.2, 0.25) is 0 Å². The van der Waals surface area contributed by atoms with Crippen molar-refractivity contribution < 1.29 is 11.4 Å². The van der Waals surface area contributed by atoms with E-state index in [2.05, 4.69) is 292 Å². The average molecular weight is 1560 g/mol. The molecule has 0 aliphatic carbocycles. The van der Waals surface area contributed by atoms with Gasteiger partial charge in [0, 0.05) is 126 Å². The first kappa shape index (κ1) is 74.4. The van der Waals surface area contributed by atoms with Crippen LogP contribution in [0.1, 0.15) is 0 Å². The van der Waals surface area contributed by atoms with Gasteiger partial charge in [-0.25, -0.2) is 4.98 Å². The van der Waals surface area contributed by atoms with Gasteiger partial charge < -0.3 is 20.5 Å². The lowest BCUT2D eigenvalue weighted by molar-refractivity contribution is 0.311. The van der Waals surface area contributed by atoms with Crippen LogP contribution < -0.4 is 11.4 Å². The summed E-state index contributed by atoms with van der Waals surface area (Å²) in [6.45, 7) is 0. The molecule has 1 atom stereocenters. The van der Waals surface area contributed by atoms with Gasteiger partial charge >= 0.3 is 15.1 Å². The Morgan fingerprint density at radius 2 is 0.605 bits per heavy atom. The predicted molar refractivity (Wildman–Crippen MR) is 494 cm³/mol. The highest BCUT2D eigenvalue weighted by Gasteiger charge is 2.46. The topological polar surface area (TPSA) is 128 Å². The first-order valence-corrected chi connectivity index (χ1v) is 41.6. The zero-order chi connectivity index (χ0) is 79.8. The Hall–Kier alpha value is -14.8. The Morgan fingerprint density at radius 1 is 0.269 bits per heavy atom. The molecule has 0 saturated heterocycles. The van der Waals surface area contributed by atoms with E-state index in [4.69, 9.17) is 29.2 Å². The second-order valence-electron chi connectivity index (χ2n) is 28.5. The van der Waals surface area contributed by atoms with Crippen molar-refractivity contribution in [2.24, 2.45) is 0 Å². The van der Waals surface area contributed by atoms with Crippen LogP contribution in [-0.2, 0) is 0 Å². The van der Waals surface area contributed by atoms with Crippen LogP contribution in [0, 0.1) is 0 Å². The molecule has 0 fully saturated rings. The number of hydrogen-bond donors (Lipinski definition) is 0. The molecular weight excluding hydrogens is 1490 g/mol. The van der Waals surface area contributed by atoms with E-state index in [9.17, 15) is 0 Å². The molecule has 0 spiro atoms. The minimum atomic E-state index is -2.86. The molecule has 0 saturated carbocycles. The highest BCUT2D eigenvalue weighted by atomic mass is 31.0. The third kappa shape index (κ3) is 15.4. The van der Waals surface area contributed by atoms with Gasteiger partial charge in [-0.05, 0) is 172 Å². The molecule has 22 aromatic rings. The van der Waals surface area contributed by atoms with E-state index in [1.54, 1.807) is 31.0 Å². The normalized spacial score (nSPS) is 11.1. The lowest BCUT2D eigenvalue weighted by atomic mass is 9.92. The van der Waals surface area contributed by atoms with Gasteiger partial charge in [-0.2, -0.15) is 0 Å². The highest BCUT2D eigenvalue weighted by molar-refractivity contribution is 7.19. The molecule has 0 bridgehead atoms. The Labute approximate surface area is 696 Å². The molecule has 0 amide bonds. The fourth-order valence-electron chi connectivity index (χ4n) is 15.8. The molecule has 15 heteroatoms. The van der Waals surface area contributed by atoms with Crippen molar-refractivity contribution in [3.05, 3.63) is 414 Å².